The summed E-state index contributed by atoms with van der Waals surface area (Å²) in [6.45, 7) is 11.5. The van der Waals surface area contributed by atoms with Crippen molar-refractivity contribution in [2.24, 2.45) is 10.8 Å². The Morgan fingerprint density at radius 3 is 1.42 bits per heavy atom. The average Bonchev–Trinajstić information content (AvgIpc) is 4.05. The smallest absolute Gasteiger partial charge is 0.335 e. The number of ketones is 2. The van der Waals surface area contributed by atoms with Crippen LogP contribution in [-0.2, 0) is 31.9 Å². The van der Waals surface area contributed by atoms with E-state index in [1.165, 1.54) is 13.1 Å². The number of amides is 1. The van der Waals surface area contributed by atoms with Gasteiger partial charge in [-0.2, -0.15) is 0 Å². The van der Waals surface area contributed by atoms with Crippen LogP contribution in [0, 0.1) is 24.7 Å². The lowest BCUT2D eigenvalue weighted by Crippen LogP contribution is -2.67. The van der Waals surface area contributed by atoms with Crippen LogP contribution >= 0.6 is 0 Å². The third-order valence-electron chi connectivity index (χ3n) is 14.4. The number of carboxylic acid groups (broad SMARTS) is 1. The molecule has 15 heteroatoms. The Labute approximate surface area is 445 Å². The van der Waals surface area contributed by atoms with Crippen molar-refractivity contribution in [3.05, 3.63) is 179 Å². The van der Waals surface area contributed by atoms with Gasteiger partial charge in [0.15, 0.2) is 11.6 Å². The van der Waals surface area contributed by atoms with Crippen LogP contribution < -0.4 is 16.8 Å². The Morgan fingerprint density at radius 2 is 1.05 bits per heavy atom. The van der Waals surface area contributed by atoms with Crippen molar-refractivity contribution < 1.29 is 42.6 Å². The third-order valence-corrected chi connectivity index (χ3v) is 14.4. The minimum absolute atomic E-state index is 0.00166. The minimum Gasteiger partial charge on any atom is -0.478 e. The van der Waals surface area contributed by atoms with Crippen LogP contribution in [0.25, 0.3) is 56.3 Å². The number of nitrogen functional groups attached to an aromatic ring is 2. The molecule has 4 aliphatic rings. The molecule has 0 unspecified atom stereocenters. The molecule has 2 spiro atoms. The van der Waals surface area contributed by atoms with Crippen molar-refractivity contribution in [2.75, 3.05) is 64.1 Å². The molecular formula is C62H60N6O9. The number of rotatable bonds is 14. The monoisotopic (exact) mass is 1030 g/mol. The fourth-order valence-corrected chi connectivity index (χ4v) is 9.76. The van der Waals surface area contributed by atoms with Crippen LogP contribution in [0.1, 0.15) is 67.3 Å². The number of aryl methyl sites for hydroxylation is 4. The van der Waals surface area contributed by atoms with Crippen molar-refractivity contribution in [3.63, 3.8) is 0 Å². The van der Waals surface area contributed by atoms with Gasteiger partial charge in [0.2, 0.25) is 0 Å². The van der Waals surface area contributed by atoms with Crippen molar-refractivity contribution in [3.8, 4) is 22.3 Å². The number of aromatic carboxylic acids is 1. The number of furan rings is 2. The molecule has 392 valence electrons. The van der Waals surface area contributed by atoms with Gasteiger partial charge in [-0.1, -0.05) is 24.3 Å². The number of nitrogens with one attached hydrogen (secondary N) is 1. The number of anilines is 2. The lowest BCUT2D eigenvalue weighted by molar-refractivity contribution is -0.176. The van der Waals surface area contributed by atoms with E-state index in [1.54, 1.807) is 79.2 Å². The molecule has 12 rings (SSSR count). The highest BCUT2D eigenvalue weighted by molar-refractivity contribution is 5.97. The molecule has 0 saturated carbocycles. The van der Waals surface area contributed by atoms with E-state index in [0.717, 1.165) is 117 Å². The molecule has 8 heterocycles. The van der Waals surface area contributed by atoms with E-state index >= 15 is 0 Å². The van der Waals surface area contributed by atoms with E-state index in [-0.39, 0.29) is 28.5 Å². The number of carbonyl (C=O) groups excluding carboxylic acids is 3. The molecule has 4 aromatic carbocycles. The highest BCUT2D eigenvalue weighted by atomic mass is 16.5. The van der Waals surface area contributed by atoms with Gasteiger partial charge >= 0.3 is 5.97 Å². The number of hydrogen-bond donors (Lipinski definition) is 4. The number of hydrogen-bond acceptors (Lipinski definition) is 13. The summed E-state index contributed by atoms with van der Waals surface area (Å²) in [6, 6.07) is 33.8. The zero-order valence-corrected chi connectivity index (χ0v) is 43.1. The number of carboxylic acids is 1. The van der Waals surface area contributed by atoms with Gasteiger partial charge in [-0.3, -0.25) is 14.4 Å². The number of aromatic nitrogens is 2. The summed E-state index contributed by atoms with van der Waals surface area (Å²) in [5, 5.41) is 14.3. The van der Waals surface area contributed by atoms with E-state index in [1.807, 2.05) is 73.3 Å². The molecular weight excluding hydrogens is 973 g/mol. The predicted molar refractivity (Wildman–Crippen MR) is 297 cm³/mol. The first-order chi connectivity index (χ1) is 37.2. The Hall–Kier alpha value is -8.50. The summed E-state index contributed by atoms with van der Waals surface area (Å²) >= 11 is 0. The molecule has 4 fully saturated rings. The Balaban J connectivity index is 0.000000156. The lowest BCUT2D eigenvalue weighted by atomic mass is 9.78. The maximum absolute atomic E-state index is 12.8. The van der Waals surface area contributed by atoms with Crippen molar-refractivity contribution >= 4 is 69.2 Å². The van der Waals surface area contributed by atoms with E-state index in [4.69, 9.17) is 34.9 Å². The topological polar surface area (TPSA) is 226 Å². The van der Waals surface area contributed by atoms with Crippen LogP contribution in [0.3, 0.4) is 0 Å². The lowest BCUT2D eigenvalue weighted by Gasteiger charge is -2.54. The standard InChI is InChI=1S/C31H29N3O4.C26H22N2O4.C5H9NO/c1-20-12-24(22-4-6-23(7-5-22)30(36)34-16-31(17-34)18-37-19-31)13-25-14-27(38-29(20)25)10-9-26(35)8-2-21-3-11-28(32)33-15-21;1-16-12-20(18-4-6-19(7-5-18)26(30)31)13-21-14-23(32-25(16)21)10-9-22(29)8-2-17-3-11-24(27)28-15-17;1-5(2-6-1)3-7-4-5/h2-8,11-15H,9-10,16-19H2,1H3,(H2,32,33);2-8,11-15H,9-10H2,1H3,(H2,27,28)(H,30,31);6H,1-4H2/b2*8-2+;. The Kier molecular flexibility index (Phi) is 15.1. The van der Waals surface area contributed by atoms with Gasteiger partial charge in [0, 0.05) is 86.0 Å². The normalized spacial score (nSPS) is 15.7. The van der Waals surface area contributed by atoms with Gasteiger partial charge in [-0.05, 0) is 168 Å². The molecule has 0 bridgehead atoms. The van der Waals surface area contributed by atoms with Crippen molar-refractivity contribution in [2.45, 2.75) is 39.5 Å². The van der Waals surface area contributed by atoms with Crippen molar-refractivity contribution in [1.82, 2.24) is 20.2 Å². The first-order valence-corrected chi connectivity index (χ1v) is 25.7. The molecule has 0 aliphatic carbocycles. The molecule has 1 amide bonds. The maximum atomic E-state index is 12.8. The number of carbonyl (C=O) groups is 4. The molecule has 4 aliphatic heterocycles. The van der Waals surface area contributed by atoms with E-state index < -0.39 is 5.97 Å². The summed E-state index contributed by atoms with van der Waals surface area (Å²) in [5.41, 5.74) is 22.2. The summed E-state index contributed by atoms with van der Waals surface area (Å²) in [4.78, 5) is 58.4. The number of fused-ring (bicyclic) bond motifs is 2. The first-order valence-electron chi connectivity index (χ1n) is 25.7. The van der Waals surface area contributed by atoms with Crippen LogP contribution in [0.15, 0.2) is 143 Å². The van der Waals surface area contributed by atoms with E-state index in [2.05, 4.69) is 27.4 Å². The highest BCUT2D eigenvalue weighted by Gasteiger charge is 2.50. The number of pyridine rings is 2. The molecule has 4 aromatic heterocycles. The van der Waals surface area contributed by atoms with Crippen LogP contribution in [-0.4, -0.2) is 96.0 Å². The van der Waals surface area contributed by atoms with Crippen molar-refractivity contribution in [1.29, 1.82) is 0 Å². The summed E-state index contributed by atoms with van der Waals surface area (Å²) in [7, 11) is 0. The highest BCUT2D eigenvalue weighted by Crippen LogP contribution is 2.39. The van der Waals surface area contributed by atoms with E-state index in [0.29, 0.717) is 48.3 Å². The Bertz CT molecular complexity index is 3510. The second-order valence-corrected chi connectivity index (χ2v) is 20.7. The SMILES string of the molecule is C1NCC12COC2.Cc1cc(-c2ccc(C(=O)N3CC4(COC4)C3)cc2)cc2cc(CCC(=O)/C=C/c3ccc(N)nc3)oc12.Cc1cc(-c2ccc(C(=O)O)cc2)cc2cc(CCC(=O)/C=C/c3ccc(N)nc3)oc12. The summed E-state index contributed by atoms with van der Waals surface area (Å²) in [5.74, 6) is 1.56. The molecule has 77 heavy (non-hydrogen) atoms. The predicted octanol–water partition coefficient (Wildman–Crippen LogP) is 9.98. The first kappa shape index (κ1) is 52.0. The molecule has 0 atom stereocenters. The fraction of sp³-hybridized carbons (Fsp3) is 0.258. The molecule has 6 N–H and O–H groups in total. The van der Waals surface area contributed by atoms with Gasteiger partial charge in [-0.15, -0.1) is 0 Å². The molecule has 4 saturated heterocycles. The third kappa shape index (κ3) is 12.3. The number of allylic oxidation sites excluding steroid dienone is 2. The number of likely N-dealkylation sites (tertiary alicyclic amines) is 1. The second-order valence-electron chi connectivity index (χ2n) is 20.7. The Morgan fingerprint density at radius 1 is 0.597 bits per heavy atom. The molecule has 0 radical (unpaired) electrons. The average molecular weight is 1030 g/mol. The van der Waals surface area contributed by atoms with E-state index in [9.17, 15) is 19.2 Å². The van der Waals surface area contributed by atoms with Gasteiger partial charge in [0.1, 0.15) is 34.3 Å². The summed E-state index contributed by atoms with van der Waals surface area (Å²) < 4.78 is 22.4. The van der Waals surface area contributed by atoms with Gasteiger partial charge in [0.25, 0.3) is 5.91 Å². The second kappa shape index (κ2) is 22.4. The minimum atomic E-state index is -0.947. The van der Waals surface area contributed by atoms with Gasteiger partial charge in [-0.25, -0.2) is 14.8 Å². The number of nitrogens with zero attached hydrogens (tertiary/aromatic N) is 3. The van der Waals surface area contributed by atoms with Gasteiger partial charge < -0.3 is 45.1 Å². The molecule has 15 nitrogen and oxygen atoms in total. The number of ether oxygens (including phenoxy) is 2. The largest absolute Gasteiger partial charge is 0.478 e. The molecule has 8 aromatic rings. The quantitative estimate of drug-likeness (QED) is 0.0744. The number of benzene rings is 4. The van der Waals surface area contributed by atoms with Gasteiger partial charge in [0.05, 0.1) is 37.4 Å². The van der Waals surface area contributed by atoms with Crippen LogP contribution in [0.5, 0.6) is 0 Å². The fourth-order valence-electron chi connectivity index (χ4n) is 9.76. The zero-order chi connectivity index (χ0) is 53.7. The zero-order valence-electron chi connectivity index (χ0n) is 43.1. The van der Waals surface area contributed by atoms with Crippen LogP contribution in [0.4, 0.5) is 11.6 Å². The maximum Gasteiger partial charge on any atom is 0.335 e. The van der Waals surface area contributed by atoms with Crippen LogP contribution in [0.2, 0.25) is 0 Å². The summed E-state index contributed by atoms with van der Waals surface area (Å²) in [6.07, 6.45) is 11.5. The number of nitrogens with two attached hydrogens (primary N) is 2.